The molecule has 1 N–H and O–H groups in total. The minimum atomic E-state index is 0.230. The molecule has 9 nitrogen and oxygen atoms in total. The highest BCUT2D eigenvalue weighted by Gasteiger charge is 2.13. The van der Waals surface area contributed by atoms with Crippen LogP contribution >= 0.6 is 0 Å². The molecule has 9 heteroatoms. The molecule has 122 valence electrons. The lowest BCUT2D eigenvalue weighted by molar-refractivity contribution is 0.380. The van der Waals surface area contributed by atoms with Gasteiger partial charge >= 0.3 is 6.01 Å². The Morgan fingerprint density at radius 2 is 1.79 bits per heavy atom. The number of ether oxygens (including phenoxy) is 2. The minimum absolute atomic E-state index is 0.230. The first-order valence-corrected chi connectivity index (χ1v) is 7.03. The van der Waals surface area contributed by atoms with Crippen LogP contribution in [0.1, 0.15) is 5.82 Å². The van der Waals surface area contributed by atoms with E-state index in [1.165, 1.54) is 13.4 Å². The summed E-state index contributed by atoms with van der Waals surface area (Å²) in [5, 5.41) is 3.17. The summed E-state index contributed by atoms with van der Waals surface area (Å²) in [5.41, 5.74) is 1.35. The summed E-state index contributed by atoms with van der Waals surface area (Å²) in [5.74, 6) is 2.09. The fourth-order valence-corrected chi connectivity index (χ4v) is 1.94. The first-order chi connectivity index (χ1) is 11.7. The van der Waals surface area contributed by atoms with Crippen LogP contribution in [0.2, 0.25) is 0 Å². The molecule has 0 spiro atoms. The van der Waals surface area contributed by atoms with Gasteiger partial charge in [0.2, 0.25) is 5.88 Å². The molecule has 3 heterocycles. The summed E-state index contributed by atoms with van der Waals surface area (Å²) in [6.07, 6.45) is 4.68. The topological polar surface area (TPSA) is 108 Å². The van der Waals surface area contributed by atoms with Gasteiger partial charge in [-0.25, -0.2) is 24.9 Å². The molecule has 0 bridgehead atoms. The molecular formula is C15H15N7O2. The lowest BCUT2D eigenvalue weighted by Gasteiger charge is -2.11. The second kappa shape index (κ2) is 6.82. The summed E-state index contributed by atoms with van der Waals surface area (Å²) < 4.78 is 10.1. The Hall–Kier alpha value is -3.36. The smallest absolute Gasteiger partial charge is 0.318 e. The summed E-state index contributed by atoms with van der Waals surface area (Å²) in [6.45, 7) is 1.79. The van der Waals surface area contributed by atoms with Crippen LogP contribution in [-0.4, -0.2) is 44.1 Å². The van der Waals surface area contributed by atoms with Crippen LogP contribution in [0.5, 0.6) is 11.9 Å². The Kier molecular flexibility index (Phi) is 4.41. The van der Waals surface area contributed by atoms with Crippen molar-refractivity contribution in [1.82, 2.24) is 29.9 Å². The number of pyridine rings is 1. The monoisotopic (exact) mass is 325 g/mol. The van der Waals surface area contributed by atoms with Crippen molar-refractivity contribution >= 4 is 11.5 Å². The van der Waals surface area contributed by atoms with Gasteiger partial charge in [-0.05, 0) is 13.0 Å². The Labute approximate surface area is 138 Å². The van der Waals surface area contributed by atoms with E-state index >= 15 is 0 Å². The van der Waals surface area contributed by atoms with Crippen molar-refractivity contribution in [2.75, 3.05) is 19.5 Å². The zero-order valence-corrected chi connectivity index (χ0v) is 13.4. The van der Waals surface area contributed by atoms with Crippen molar-refractivity contribution in [3.05, 3.63) is 36.7 Å². The van der Waals surface area contributed by atoms with E-state index < -0.39 is 0 Å². The van der Waals surface area contributed by atoms with Crippen molar-refractivity contribution in [2.24, 2.45) is 0 Å². The van der Waals surface area contributed by atoms with Crippen LogP contribution in [0.3, 0.4) is 0 Å². The van der Waals surface area contributed by atoms with Gasteiger partial charge in [0.25, 0.3) is 0 Å². The average molecular weight is 325 g/mol. The van der Waals surface area contributed by atoms with Crippen LogP contribution in [0, 0.1) is 6.92 Å². The van der Waals surface area contributed by atoms with Crippen molar-refractivity contribution in [1.29, 1.82) is 0 Å². The Bertz CT molecular complexity index is 839. The Morgan fingerprint density at radius 3 is 2.46 bits per heavy atom. The molecule has 0 radical (unpaired) electrons. The molecule has 3 aromatic rings. The fraction of sp³-hybridized carbons (Fsp3) is 0.200. The third-order valence-corrected chi connectivity index (χ3v) is 3.09. The van der Waals surface area contributed by atoms with Crippen molar-refractivity contribution in [2.45, 2.75) is 6.92 Å². The average Bonchev–Trinajstić information content (AvgIpc) is 2.62. The van der Waals surface area contributed by atoms with Gasteiger partial charge in [0.05, 0.1) is 31.7 Å². The van der Waals surface area contributed by atoms with E-state index in [1.54, 1.807) is 32.5 Å². The van der Waals surface area contributed by atoms with E-state index in [-0.39, 0.29) is 6.01 Å². The quantitative estimate of drug-likeness (QED) is 0.751. The van der Waals surface area contributed by atoms with Crippen LogP contribution in [-0.2, 0) is 0 Å². The lowest BCUT2D eigenvalue weighted by Crippen LogP contribution is -2.03. The van der Waals surface area contributed by atoms with Crippen LogP contribution in [0.25, 0.3) is 11.4 Å². The number of rotatable bonds is 5. The molecule has 0 aliphatic carbocycles. The minimum Gasteiger partial charge on any atom is -0.481 e. The molecule has 0 fully saturated rings. The predicted octanol–water partition coefficient (Wildman–Crippen LogP) is 1.79. The highest BCUT2D eigenvalue weighted by Crippen LogP contribution is 2.27. The highest BCUT2D eigenvalue weighted by atomic mass is 16.5. The van der Waals surface area contributed by atoms with Crippen molar-refractivity contribution in [3.63, 3.8) is 0 Å². The maximum Gasteiger partial charge on any atom is 0.318 e. The molecule has 0 aromatic carbocycles. The predicted molar refractivity (Wildman–Crippen MR) is 86.2 cm³/mol. The van der Waals surface area contributed by atoms with E-state index in [2.05, 4.69) is 35.2 Å². The van der Waals surface area contributed by atoms with Gasteiger partial charge in [0, 0.05) is 12.3 Å². The van der Waals surface area contributed by atoms with Crippen LogP contribution in [0.15, 0.2) is 30.9 Å². The molecule has 3 aromatic heterocycles. The standard InChI is InChI=1S/C15H15N7O2/c1-9-18-8-19-13(20-9)11-7-17-15(24-3)22-14(11)21-10-4-5-12(23-2)16-6-10/h4-8H,1-3H3,(H,17,21,22). The summed E-state index contributed by atoms with van der Waals surface area (Å²) in [6, 6.07) is 3.80. The summed E-state index contributed by atoms with van der Waals surface area (Å²) in [4.78, 5) is 25.1. The zero-order valence-electron chi connectivity index (χ0n) is 13.4. The second-order valence-electron chi connectivity index (χ2n) is 4.69. The number of hydrogen-bond donors (Lipinski definition) is 1. The fourth-order valence-electron chi connectivity index (χ4n) is 1.94. The first-order valence-electron chi connectivity index (χ1n) is 7.03. The number of anilines is 2. The van der Waals surface area contributed by atoms with Gasteiger partial charge in [-0.3, -0.25) is 0 Å². The normalized spacial score (nSPS) is 10.3. The molecular weight excluding hydrogens is 310 g/mol. The first kappa shape index (κ1) is 15.5. The second-order valence-corrected chi connectivity index (χ2v) is 4.69. The third-order valence-electron chi connectivity index (χ3n) is 3.09. The molecule has 0 saturated heterocycles. The lowest BCUT2D eigenvalue weighted by atomic mass is 10.2. The maximum atomic E-state index is 5.09. The third kappa shape index (κ3) is 3.35. The maximum absolute atomic E-state index is 5.09. The van der Waals surface area contributed by atoms with Crippen LogP contribution < -0.4 is 14.8 Å². The number of aryl methyl sites for hydroxylation is 1. The molecule has 0 aliphatic heterocycles. The number of hydrogen-bond acceptors (Lipinski definition) is 9. The van der Waals surface area contributed by atoms with Gasteiger partial charge in [-0.1, -0.05) is 0 Å². The molecule has 0 saturated carbocycles. The number of aromatic nitrogens is 6. The zero-order chi connectivity index (χ0) is 16.9. The van der Waals surface area contributed by atoms with E-state index in [0.29, 0.717) is 28.9 Å². The molecule has 0 unspecified atom stereocenters. The number of nitrogens with one attached hydrogen (secondary N) is 1. The van der Waals surface area contributed by atoms with E-state index in [9.17, 15) is 0 Å². The van der Waals surface area contributed by atoms with E-state index in [0.717, 1.165) is 5.69 Å². The van der Waals surface area contributed by atoms with Gasteiger partial charge < -0.3 is 14.8 Å². The number of nitrogens with zero attached hydrogens (tertiary/aromatic N) is 6. The van der Waals surface area contributed by atoms with Gasteiger partial charge in [-0.15, -0.1) is 0 Å². The van der Waals surface area contributed by atoms with Crippen molar-refractivity contribution < 1.29 is 9.47 Å². The number of methoxy groups -OCH3 is 2. The molecule has 24 heavy (non-hydrogen) atoms. The van der Waals surface area contributed by atoms with E-state index in [1.807, 2.05) is 6.07 Å². The van der Waals surface area contributed by atoms with E-state index in [4.69, 9.17) is 9.47 Å². The summed E-state index contributed by atoms with van der Waals surface area (Å²) >= 11 is 0. The van der Waals surface area contributed by atoms with Crippen molar-refractivity contribution in [3.8, 4) is 23.3 Å². The van der Waals surface area contributed by atoms with Crippen LogP contribution in [0.4, 0.5) is 11.5 Å². The highest BCUT2D eigenvalue weighted by molar-refractivity contribution is 5.73. The Balaban J connectivity index is 2.00. The molecule has 0 amide bonds. The molecule has 0 atom stereocenters. The van der Waals surface area contributed by atoms with Gasteiger partial charge in [0.15, 0.2) is 5.82 Å². The van der Waals surface area contributed by atoms with Gasteiger partial charge in [0.1, 0.15) is 18.0 Å². The SMILES string of the molecule is COc1ccc(Nc2nc(OC)ncc2-c2ncnc(C)n2)cn1. The largest absolute Gasteiger partial charge is 0.481 e. The summed E-state index contributed by atoms with van der Waals surface area (Å²) in [7, 11) is 3.06. The molecule has 0 aliphatic rings. The van der Waals surface area contributed by atoms with Gasteiger partial charge in [-0.2, -0.15) is 4.98 Å². The Morgan fingerprint density at radius 1 is 0.917 bits per heavy atom. The molecule has 3 rings (SSSR count).